The summed E-state index contributed by atoms with van der Waals surface area (Å²) in [6, 6.07) is 3.79. The molecule has 5 heterocycles. The van der Waals surface area contributed by atoms with Crippen LogP contribution in [0.2, 0.25) is 0 Å². The van der Waals surface area contributed by atoms with Crippen LogP contribution in [-0.4, -0.2) is 48.8 Å². The minimum absolute atomic E-state index is 0.101. The van der Waals surface area contributed by atoms with Gasteiger partial charge in [0.15, 0.2) is 5.82 Å². The molecule has 9 nitrogen and oxygen atoms in total. The number of likely N-dealkylation sites (tertiary alicyclic amines) is 1. The summed E-state index contributed by atoms with van der Waals surface area (Å²) in [7, 11) is 0. The summed E-state index contributed by atoms with van der Waals surface area (Å²) in [5.74, 6) is 2.08. The highest BCUT2D eigenvalue weighted by atomic mass is 32.1. The van der Waals surface area contributed by atoms with Crippen LogP contribution in [0, 0.1) is 6.92 Å². The van der Waals surface area contributed by atoms with Crippen molar-refractivity contribution in [2.75, 3.05) is 18.8 Å². The summed E-state index contributed by atoms with van der Waals surface area (Å²) in [5.41, 5.74) is 9.58. The lowest BCUT2D eigenvalue weighted by molar-refractivity contribution is -0.132. The van der Waals surface area contributed by atoms with Crippen LogP contribution in [0.5, 0.6) is 0 Å². The molecule has 4 aromatic heterocycles. The molecule has 0 radical (unpaired) electrons. The van der Waals surface area contributed by atoms with Crippen LogP contribution in [0.3, 0.4) is 0 Å². The number of aromatic amines is 1. The summed E-state index contributed by atoms with van der Waals surface area (Å²) in [5, 5.41) is 1.94. The molecule has 1 saturated heterocycles. The van der Waals surface area contributed by atoms with Gasteiger partial charge in [-0.1, -0.05) is 0 Å². The molecule has 1 fully saturated rings. The topological polar surface area (TPSA) is 131 Å². The fourth-order valence-electron chi connectivity index (χ4n) is 4.57. The third kappa shape index (κ3) is 4.93. The number of amides is 1. The molecule has 0 saturated carbocycles. The van der Waals surface area contributed by atoms with Crippen molar-refractivity contribution in [3.05, 3.63) is 63.4 Å². The van der Waals surface area contributed by atoms with E-state index >= 15 is 0 Å². The molecule has 0 unspecified atom stereocenters. The molecule has 0 spiro atoms. The predicted octanol–water partition coefficient (Wildman–Crippen LogP) is 3.46. The molecule has 35 heavy (non-hydrogen) atoms. The molecule has 1 aliphatic rings. The Labute approximate surface area is 206 Å². The number of rotatable bonds is 6. The average molecular weight is 490 g/mol. The van der Waals surface area contributed by atoms with E-state index in [0.717, 1.165) is 35.0 Å². The summed E-state index contributed by atoms with van der Waals surface area (Å²) < 4.78 is 0.657. The normalized spacial score (nSPS) is 14.5. The lowest BCUT2D eigenvalue weighted by Crippen LogP contribution is -2.37. The quantitative estimate of drug-likeness (QED) is 0.424. The van der Waals surface area contributed by atoms with Gasteiger partial charge >= 0.3 is 0 Å². The number of nitrogens with two attached hydrogens (primary N) is 1. The highest BCUT2D eigenvalue weighted by molar-refractivity contribution is 7.17. The lowest BCUT2D eigenvalue weighted by atomic mass is 9.89. The second-order valence-corrected chi connectivity index (χ2v) is 9.77. The van der Waals surface area contributed by atoms with E-state index in [0.29, 0.717) is 60.4 Å². The minimum Gasteiger partial charge on any atom is -0.383 e. The molecule has 0 bridgehead atoms. The number of thiophene rings is 1. The van der Waals surface area contributed by atoms with Crippen molar-refractivity contribution in [3.63, 3.8) is 0 Å². The van der Waals surface area contributed by atoms with Crippen molar-refractivity contribution < 1.29 is 4.79 Å². The van der Waals surface area contributed by atoms with Crippen LogP contribution >= 0.6 is 11.3 Å². The molecule has 1 amide bonds. The first-order valence-electron chi connectivity index (χ1n) is 11.8. The van der Waals surface area contributed by atoms with E-state index in [1.54, 1.807) is 18.5 Å². The van der Waals surface area contributed by atoms with E-state index in [4.69, 9.17) is 5.73 Å². The Morgan fingerprint density at radius 2 is 2.00 bits per heavy atom. The number of piperidine rings is 1. The Morgan fingerprint density at radius 3 is 2.77 bits per heavy atom. The highest BCUT2D eigenvalue weighted by Crippen LogP contribution is 2.31. The van der Waals surface area contributed by atoms with Crippen molar-refractivity contribution in [3.8, 4) is 11.4 Å². The highest BCUT2D eigenvalue weighted by Gasteiger charge is 2.24. The van der Waals surface area contributed by atoms with Gasteiger partial charge in [-0.25, -0.2) is 19.9 Å². The number of aryl methyl sites for hydroxylation is 2. The van der Waals surface area contributed by atoms with Crippen LogP contribution < -0.4 is 11.3 Å². The van der Waals surface area contributed by atoms with Crippen molar-refractivity contribution in [1.29, 1.82) is 0 Å². The number of carbonyl (C=O) groups is 1. The number of nitrogen functional groups attached to an aromatic ring is 1. The summed E-state index contributed by atoms with van der Waals surface area (Å²) in [6.45, 7) is 3.37. The number of fused-ring (bicyclic) bond motifs is 1. The van der Waals surface area contributed by atoms with Gasteiger partial charge in [-0.05, 0) is 60.7 Å². The molecule has 180 valence electrons. The molecule has 1 aliphatic heterocycles. The molecule has 0 aliphatic carbocycles. The van der Waals surface area contributed by atoms with Gasteiger partial charge in [-0.2, -0.15) is 0 Å². The Kier molecular flexibility index (Phi) is 6.54. The van der Waals surface area contributed by atoms with Crippen molar-refractivity contribution in [2.45, 2.75) is 44.9 Å². The number of anilines is 1. The van der Waals surface area contributed by atoms with Crippen molar-refractivity contribution >= 4 is 33.3 Å². The van der Waals surface area contributed by atoms with Gasteiger partial charge in [0.25, 0.3) is 5.56 Å². The average Bonchev–Trinajstić information content (AvgIpc) is 3.26. The number of H-pyrrole nitrogens is 1. The molecule has 5 rings (SSSR count). The first-order valence-corrected chi connectivity index (χ1v) is 12.6. The largest absolute Gasteiger partial charge is 0.383 e. The van der Waals surface area contributed by atoms with Crippen LogP contribution in [0.15, 0.2) is 40.9 Å². The van der Waals surface area contributed by atoms with Gasteiger partial charge in [0.1, 0.15) is 16.3 Å². The zero-order valence-corrected chi connectivity index (χ0v) is 20.3. The third-order valence-electron chi connectivity index (χ3n) is 6.52. The molecule has 4 aromatic rings. The Balaban J connectivity index is 1.16. The van der Waals surface area contributed by atoms with Crippen molar-refractivity contribution in [2.24, 2.45) is 0 Å². The van der Waals surface area contributed by atoms with E-state index in [-0.39, 0.29) is 11.5 Å². The lowest BCUT2D eigenvalue weighted by Gasteiger charge is -2.32. The zero-order chi connectivity index (χ0) is 24.4. The smallest absolute Gasteiger partial charge is 0.268 e. The number of carbonyl (C=O) groups excluding carboxylic acids is 1. The van der Waals surface area contributed by atoms with Crippen LogP contribution in [0.1, 0.15) is 48.6 Å². The SMILES string of the molecule is Cc1csc2c(=O)[nH]c(CCCC(=O)N3CCC(c4cnc(N)c(-c5ncccn5)c4)CC3)nc12. The predicted molar refractivity (Wildman–Crippen MR) is 136 cm³/mol. The summed E-state index contributed by atoms with van der Waals surface area (Å²) in [6.07, 6.45) is 8.60. The maximum Gasteiger partial charge on any atom is 0.268 e. The fraction of sp³-hybridized carbons (Fsp3) is 0.360. The maximum absolute atomic E-state index is 12.8. The van der Waals surface area contributed by atoms with Crippen molar-refractivity contribution in [1.82, 2.24) is 29.8 Å². The van der Waals surface area contributed by atoms with E-state index in [1.807, 2.05) is 29.5 Å². The number of hydrogen-bond acceptors (Lipinski definition) is 8. The van der Waals surface area contributed by atoms with Crippen LogP contribution in [0.25, 0.3) is 21.6 Å². The standard InChI is InChI=1S/C25H27N7O2S/c1-15-14-35-22-21(15)30-19(31-25(22)34)4-2-5-20(33)32-10-6-16(7-11-32)17-12-18(23(26)29-13-17)24-27-8-3-9-28-24/h3,8-9,12-14,16H,2,4-7,10-11H2,1H3,(H2,26,29)(H,30,31,34). The molecule has 3 N–H and O–H groups in total. The number of nitrogens with one attached hydrogen (secondary N) is 1. The van der Waals surface area contributed by atoms with Gasteiger partial charge in [-0.3, -0.25) is 9.59 Å². The van der Waals surface area contributed by atoms with Gasteiger partial charge in [0, 0.05) is 44.5 Å². The van der Waals surface area contributed by atoms with E-state index < -0.39 is 0 Å². The third-order valence-corrected chi connectivity index (χ3v) is 7.61. The minimum atomic E-state index is -0.101. The second-order valence-electron chi connectivity index (χ2n) is 8.89. The Morgan fingerprint density at radius 1 is 1.23 bits per heavy atom. The zero-order valence-electron chi connectivity index (χ0n) is 19.5. The molecular formula is C25H27N7O2S. The number of aromatic nitrogens is 5. The first-order chi connectivity index (χ1) is 17.0. The second kappa shape index (κ2) is 9.91. The molecule has 0 aromatic carbocycles. The van der Waals surface area contributed by atoms with Gasteiger partial charge in [-0.15, -0.1) is 11.3 Å². The van der Waals surface area contributed by atoms with Gasteiger partial charge in [0.05, 0.1) is 11.1 Å². The van der Waals surface area contributed by atoms with Crippen LogP contribution in [0.4, 0.5) is 5.82 Å². The number of nitrogens with zero attached hydrogens (tertiary/aromatic N) is 5. The van der Waals surface area contributed by atoms with E-state index in [1.165, 1.54) is 11.3 Å². The molecular weight excluding hydrogens is 462 g/mol. The van der Waals surface area contributed by atoms with Gasteiger partial charge < -0.3 is 15.6 Å². The van der Waals surface area contributed by atoms with Gasteiger partial charge in [0.2, 0.25) is 5.91 Å². The van der Waals surface area contributed by atoms with E-state index in [9.17, 15) is 9.59 Å². The van der Waals surface area contributed by atoms with E-state index in [2.05, 4.69) is 24.9 Å². The first kappa shape index (κ1) is 23.1. The Hall–Kier alpha value is -3.66. The maximum atomic E-state index is 12.8. The number of hydrogen-bond donors (Lipinski definition) is 2. The number of pyridine rings is 1. The monoisotopic (exact) mass is 489 g/mol. The molecule has 0 atom stereocenters. The summed E-state index contributed by atoms with van der Waals surface area (Å²) in [4.78, 5) is 47.4. The summed E-state index contributed by atoms with van der Waals surface area (Å²) >= 11 is 1.41. The van der Waals surface area contributed by atoms with Crippen LogP contribution in [-0.2, 0) is 11.2 Å². The Bertz CT molecular complexity index is 1410. The molecule has 10 heteroatoms. The fourth-order valence-corrected chi connectivity index (χ4v) is 5.45.